The zero-order valence-electron chi connectivity index (χ0n) is 25.1. The van der Waals surface area contributed by atoms with E-state index in [0.717, 1.165) is 15.4 Å². The maximum Gasteiger partial charge on any atom is 0.264 e. The van der Waals surface area contributed by atoms with E-state index in [4.69, 9.17) is 32.7 Å². The molecule has 0 aliphatic rings. The molecule has 0 aliphatic heterocycles. The second kappa shape index (κ2) is 14.8. The Kier molecular flexibility index (Phi) is 11.7. The Hall–Kier alpha value is -3.47. The molecule has 0 aliphatic carbocycles. The fourth-order valence-corrected chi connectivity index (χ4v) is 6.42. The first-order chi connectivity index (χ1) is 20.3. The summed E-state index contributed by atoms with van der Waals surface area (Å²) in [6.07, 6.45) is 0.708. The van der Waals surface area contributed by atoms with Crippen LogP contribution in [0.2, 0.25) is 10.0 Å². The summed E-state index contributed by atoms with van der Waals surface area (Å²) in [6.45, 7) is 6.99. The number of sulfonamides is 1. The average Bonchev–Trinajstić information content (AvgIpc) is 2.96. The van der Waals surface area contributed by atoms with Crippen LogP contribution >= 0.6 is 23.2 Å². The third-order valence-corrected chi connectivity index (χ3v) is 9.15. The van der Waals surface area contributed by atoms with E-state index in [1.165, 1.54) is 37.3 Å². The highest BCUT2D eigenvalue weighted by atomic mass is 35.5. The number of nitrogens with zero attached hydrogens (tertiary/aromatic N) is 2. The zero-order valence-corrected chi connectivity index (χ0v) is 27.4. The van der Waals surface area contributed by atoms with Crippen LogP contribution in [0.25, 0.3) is 0 Å². The summed E-state index contributed by atoms with van der Waals surface area (Å²) < 4.78 is 40.1. The molecule has 9 nitrogen and oxygen atoms in total. The minimum Gasteiger partial charge on any atom is -0.493 e. The molecular formula is C31H37Cl2N3O6S. The number of hydrogen-bond acceptors (Lipinski definition) is 6. The van der Waals surface area contributed by atoms with Gasteiger partial charge in [-0.1, -0.05) is 42.3 Å². The quantitative estimate of drug-likeness (QED) is 0.252. The molecule has 3 aromatic carbocycles. The van der Waals surface area contributed by atoms with Crippen LogP contribution in [-0.2, 0) is 26.2 Å². The van der Waals surface area contributed by atoms with Crippen molar-refractivity contribution in [2.24, 2.45) is 0 Å². The molecule has 232 valence electrons. The maximum atomic E-state index is 14.2. The van der Waals surface area contributed by atoms with Gasteiger partial charge in [-0.15, -0.1) is 0 Å². The zero-order chi connectivity index (χ0) is 31.9. The van der Waals surface area contributed by atoms with Crippen LogP contribution in [0.3, 0.4) is 0 Å². The molecule has 0 unspecified atom stereocenters. The first-order valence-electron chi connectivity index (χ1n) is 13.7. The number of methoxy groups -OCH3 is 2. The van der Waals surface area contributed by atoms with Gasteiger partial charge in [0.1, 0.15) is 12.6 Å². The van der Waals surface area contributed by atoms with Gasteiger partial charge in [0, 0.05) is 29.2 Å². The summed E-state index contributed by atoms with van der Waals surface area (Å²) >= 11 is 12.5. The van der Waals surface area contributed by atoms with Crippen LogP contribution < -0.4 is 19.1 Å². The molecule has 3 rings (SSSR count). The van der Waals surface area contributed by atoms with E-state index >= 15 is 0 Å². The molecule has 12 heteroatoms. The number of amides is 2. The van der Waals surface area contributed by atoms with Crippen molar-refractivity contribution in [3.8, 4) is 11.5 Å². The highest BCUT2D eigenvalue weighted by Crippen LogP contribution is 2.33. The predicted octanol–water partition coefficient (Wildman–Crippen LogP) is 5.77. The number of carbonyl (C=O) groups excluding carboxylic acids is 2. The topological polar surface area (TPSA) is 105 Å². The van der Waals surface area contributed by atoms with Crippen LogP contribution in [0.15, 0.2) is 59.5 Å². The molecular weight excluding hydrogens is 613 g/mol. The smallest absolute Gasteiger partial charge is 0.264 e. The van der Waals surface area contributed by atoms with Crippen LogP contribution in [0, 0.1) is 13.8 Å². The van der Waals surface area contributed by atoms with Gasteiger partial charge in [-0.2, -0.15) is 0 Å². The fourth-order valence-electron chi connectivity index (χ4n) is 4.54. The van der Waals surface area contributed by atoms with E-state index in [-0.39, 0.29) is 23.1 Å². The second-order valence-corrected chi connectivity index (χ2v) is 12.8. The van der Waals surface area contributed by atoms with Crippen molar-refractivity contribution in [1.29, 1.82) is 0 Å². The number of nitrogens with one attached hydrogen (secondary N) is 1. The largest absolute Gasteiger partial charge is 0.493 e. The number of rotatable bonds is 13. The molecule has 0 spiro atoms. The van der Waals surface area contributed by atoms with Crippen LogP contribution in [0.1, 0.15) is 37.0 Å². The third-order valence-electron chi connectivity index (χ3n) is 6.79. The number of anilines is 1. The fraction of sp³-hybridized carbons (Fsp3) is 0.355. The van der Waals surface area contributed by atoms with E-state index < -0.39 is 28.5 Å². The summed E-state index contributed by atoms with van der Waals surface area (Å²) in [5.74, 6) is -0.404. The van der Waals surface area contributed by atoms with Crippen molar-refractivity contribution in [3.05, 3.63) is 81.3 Å². The SMILES string of the molecule is CCCNC(=O)[C@@H](C)N(Cc1ccc(Cl)cc1Cl)C(=O)CN(c1cc(C)cc(C)c1)S(=O)(=O)c1ccc(OC)c(OC)c1. The maximum absolute atomic E-state index is 14.2. The molecule has 0 bridgehead atoms. The van der Waals surface area contributed by atoms with Crippen molar-refractivity contribution in [2.45, 2.75) is 51.6 Å². The molecule has 0 fully saturated rings. The number of halogens is 2. The highest BCUT2D eigenvalue weighted by Gasteiger charge is 2.33. The Bertz CT molecular complexity index is 1560. The van der Waals surface area contributed by atoms with Gasteiger partial charge in [0.2, 0.25) is 11.8 Å². The van der Waals surface area contributed by atoms with Crippen molar-refractivity contribution >= 4 is 50.7 Å². The summed E-state index contributed by atoms with van der Waals surface area (Å²) in [5, 5.41) is 3.55. The molecule has 0 saturated heterocycles. The van der Waals surface area contributed by atoms with Crippen molar-refractivity contribution in [2.75, 3.05) is 31.6 Å². The number of ether oxygens (including phenoxy) is 2. The van der Waals surface area contributed by atoms with E-state index in [2.05, 4.69) is 5.32 Å². The number of benzene rings is 3. The normalized spacial score (nSPS) is 11.9. The Balaban J connectivity index is 2.12. The molecule has 43 heavy (non-hydrogen) atoms. The molecule has 0 aromatic heterocycles. The minimum atomic E-state index is -4.31. The lowest BCUT2D eigenvalue weighted by Crippen LogP contribution is -2.51. The van der Waals surface area contributed by atoms with E-state index in [9.17, 15) is 18.0 Å². The van der Waals surface area contributed by atoms with Gasteiger partial charge < -0.3 is 19.7 Å². The number of aryl methyl sites for hydroxylation is 2. The molecule has 1 N–H and O–H groups in total. The van der Waals surface area contributed by atoms with Crippen molar-refractivity contribution in [3.63, 3.8) is 0 Å². The molecule has 1 atom stereocenters. The van der Waals surface area contributed by atoms with Crippen LogP contribution in [0.4, 0.5) is 5.69 Å². The first-order valence-corrected chi connectivity index (χ1v) is 15.9. The first kappa shape index (κ1) is 34.0. The Morgan fingerprint density at radius 1 is 0.930 bits per heavy atom. The Morgan fingerprint density at radius 3 is 2.16 bits per heavy atom. The molecule has 0 saturated carbocycles. The summed E-state index contributed by atoms with van der Waals surface area (Å²) in [4.78, 5) is 28.4. The van der Waals surface area contributed by atoms with Crippen LogP contribution in [0.5, 0.6) is 11.5 Å². The number of hydrogen-bond donors (Lipinski definition) is 1. The molecule has 3 aromatic rings. The van der Waals surface area contributed by atoms with Crippen molar-refractivity contribution in [1.82, 2.24) is 10.2 Å². The monoisotopic (exact) mass is 649 g/mol. The average molecular weight is 651 g/mol. The second-order valence-electron chi connectivity index (χ2n) is 10.1. The summed E-state index contributed by atoms with van der Waals surface area (Å²) in [6, 6.07) is 13.4. The van der Waals surface area contributed by atoms with Gasteiger partial charge in [-0.05, 0) is 80.3 Å². The van der Waals surface area contributed by atoms with Gasteiger partial charge in [0.25, 0.3) is 10.0 Å². The Labute approximate surface area is 263 Å². The lowest BCUT2D eigenvalue weighted by molar-refractivity contribution is -0.139. The lowest BCUT2D eigenvalue weighted by atomic mass is 10.1. The predicted molar refractivity (Wildman–Crippen MR) is 170 cm³/mol. The molecule has 0 radical (unpaired) electrons. The van der Waals surface area contributed by atoms with Crippen LogP contribution in [-0.4, -0.2) is 58.5 Å². The van der Waals surface area contributed by atoms with Gasteiger partial charge in [-0.25, -0.2) is 8.42 Å². The van der Waals surface area contributed by atoms with Gasteiger partial charge in [-0.3, -0.25) is 13.9 Å². The summed E-state index contributed by atoms with van der Waals surface area (Å²) in [7, 11) is -1.46. The van der Waals surface area contributed by atoms with Crippen molar-refractivity contribution < 1.29 is 27.5 Å². The summed E-state index contributed by atoms with van der Waals surface area (Å²) in [5.41, 5.74) is 2.47. The molecule has 0 heterocycles. The minimum absolute atomic E-state index is 0.0490. The van der Waals surface area contributed by atoms with E-state index in [1.54, 1.807) is 37.3 Å². The van der Waals surface area contributed by atoms with E-state index in [0.29, 0.717) is 40.0 Å². The lowest BCUT2D eigenvalue weighted by Gasteiger charge is -2.32. The Morgan fingerprint density at radius 2 is 1.58 bits per heavy atom. The van der Waals surface area contributed by atoms with Gasteiger partial charge in [0.05, 0.1) is 24.8 Å². The van der Waals surface area contributed by atoms with E-state index in [1.807, 2.05) is 26.8 Å². The molecule has 2 amide bonds. The standard InChI is InChI=1S/C31H37Cl2N3O6S/c1-7-12-34-31(38)22(4)35(18-23-8-9-24(32)16-27(23)33)30(37)19-36(25-14-20(2)13-21(3)15-25)43(39,40)26-10-11-28(41-5)29(17-26)42-6/h8-11,13-17,22H,7,12,18-19H2,1-6H3,(H,34,38)/t22-/m1/s1. The van der Waals surface area contributed by atoms with Gasteiger partial charge in [0.15, 0.2) is 11.5 Å². The third kappa shape index (κ3) is 8.34. The highest BCUT2D eigenvalue weighted by molar-refractivity contribution is 7.92. The number of carbonyl (C=O) groups is 2. The van der Waals surface area contributed by atoms with Gasteiger partial charge >= 0.3 is 0 Å².